The lowest BCUT2D eigenvalue weighted by molar-refractivity contribution is 1.31. The topological polar surface area (TPSA) is 30.2 Å². The van der Waals surface area contributed by atoms with Crippen molar-refractivity contribution in [1.82, 2.24) is 14.4 Å². The van der Waals surface area contributed by atoms with Crippen LogP contribution < -0.4 is 0 Å². The first kappa shape index (κ1) is 18.1. The van der Waals surface area contributed by atoms with Gasteiger partial charge in [0.1, 0.15) is 5.65 Å². The first-order chi connectivity index (χ1) is 16.4. The molecule has 0 unspecified atom stereocenters. The van der Waals surface area contributed by atoms with E-state index >= 15 is 0 Å². The summed E-state index contributed by atoms with van der Waals surface area (Å²) >= 11 is 0. The molecule has 0 saturated carbocycles. The van der Waals surface area contributed by atoms with Crippen molar-refractivity contribution >= 4 is 38.4 Å². The number of pyridine rings is 2. The van der Waals surface area contributed by atoms with Crippen molar-refractivity contribution in [3.05, 3.63) is 115 Å². The number of rotatable bonds is 2. The second kappa shape index (κ2) is 7.01. The number of para-hydroxylation sites is 3. The van der Waals surface area contributed by atoms with E-state index in [4.69, 9.17) is 4.98 Å². The first-order valence-corrected chi connectivity index (χ1v) is 11.1. The van der Waals surface area contributed by atoms with Crippen LogP contribution in [0.3, 0.4) is 0 Å². The van der Waals surface area contributed by atoms with Crippen LogP contribution in [-0.4, -0.2) is 14.4 Å². The van der Waals surface area contributed by atoms with E-state index < -0.39 is 0 Å². The minimum atomic E-state index is 0.986. The van der Waals surface area contributed by atoms with E-state index in [-0.39, 0.29) is 0 Å². The SMILES string of the molecule is c1ccc(-c2ccc(-c3ccc4c5ccccc5n5c6ccccc6nc5c4c3)cc2)nc1. The highest BCUT2D eigenvalue weighted by Crippen LogP contribution is 2.35. The summed E-state index contributed by atoms with van der Waals surface area (Å²) in [6, 6.07) is 38.3. The van der Waals surface area contributed by atoms with Crippen LogP contribution in [0, 0.1) is 0 Å². The zero-order valence-corrected chi connectivity index (χ0v) is 17.8. The van der Waals surface area contributed by atoms with Crippen LogP contribution >= 0.6 is 0 Å². The van der Waals surface area contributed by atoms with Crippen molar-refractivity contribution in [2.24, 2.45) is 0 Å². The third-order valence-electron chi connectivity index (χ3n) is 6.44. The van der Waals surface area contributed by atoms with Gasteiger partial charge in [-0.15, -0.1) is 0 Å². The monoisotopic (exact) mass is 421 g/mol. The highest BCUT2D eigenvalue weighted by atomic mass is 15.0. The number of aromatic nitrogens is 3. The summed E-state index contributed by atoms with van der Waals surface area (Å²) in [5, 5.41) is 3.62. The van der Waals surface area contributed by atoms with E-state index in [2.05, 4.69) is 94.3 Å². The summed E-state index contributed by atoms with van der Waals surface area (Å²) in [5.41, 5.74) is 8.79. The third kappa shape index (κ3) is 2.76. The predicted octanol–water partition coefficient (Wildman–Crippen LogP) is 7.52. The van der Waals surface area contributed by atoms with Gasteiger partial charge in [-0.2, -0.15) is 0 Å². The van der Waals surface area contributed by atoms with E-state index in [1.165, 1.54) is 27.4 Å². The molecule has 0 aliphatic carbocycles. The molecule has 33 heavy (non-hydrogen) atoms. The maximum absolute atomic E-state index is 5.04. The quantitative estimate of drug-likeness (QED) is 0.270. The first-order valence-electron chi connectivity index (χ1n) is 11.1. The van der Waals surface area contributed by atoms with Gasteiger partial charge in [-0.3, -0.25) is 9.38 Å². The van der Waals surface area contributed by atoms with Crippen molar-refractivity contribution < 1.29 is 0 Å². The molecule has 3 aromatic heterocycles. The zero-order valence-electron chi connectivity index (χ0n) is 17.8. The minimum Gasteiger partial charge on any atom is -0.292 e. The molecule has 0 amide bonds. The summed E-state index contributed by atoms with van der Waals surface area (Å²) < 4.78 is 2.29. The Labute approximate surface area is 190 Å². The lowest BCUT2D eigenvalue weighted by Gasteiger charge is -2.11. The summed E-state index contributed by atoms with van der Waals surface area (Å²) in [6.07, 6.45) is 1.83. The van der Waals surface area contributed by atoms with Gasteiger partial charge in [0, 0.05) is 22.5 Å². The van der Waals surface area contributed by atoms with Crippen molar-refractivity contribution in [2.45, 2.75) is 0 Å². The average Bonchev–Trinajstić information content (AvgIpc) is 3.29. The third-order valence-corrected chi connectivity index (χ3v) is 6.44. The van der Waals surface area contributed by atoms with Crippen LogP contribution in [-0.2, 0) is 0 Å². The van der Waals surface area contributed by atoms with Crippen LogP contribution in [0.5, 0.6) is 0 Å². The average molecular weight is 422 g/mol. The maximum atomic E-state index is 5.04. The normalized spacial score (nSPS) is 11.6. The molecular formula is C30H19N3. The molecule has 3 heterocycles. The van der Waals surface area contributed by atoms with Gasteiger partial charge in [0.25, 0.3) is 0 Å². The maximum Gasteiger partial charge on any atom is 0.146 e. The summed E-state index contributed by atoms with van der Waals surface area (Å²) in [4.78, 5) is 9.50. The Bertz CT molecular complexity index is 1800. The van der Waals surface area contributed by atoms with Crippen LogP contribution in [0.1, 0.15) is 0 Å². The number of benzene rings is 4. The highest BCUT2D eigenvalue weighted by Gasteiger charge is 2.14. The minimum absolute atomic E-state index is 0.986. The molecule has 0 aliphatic rings. The van der Waals surface area contributed by atoms with Gasteiger partial charge >= 0.3 is 0 Å². The van der Waals surface area contributed by atoms with Crippen LogP contribution in [0.2, 0.25) is 0 Å². The summed E-state index contributed by atoms with van der Waals surface area (Å²) in [7, 11) is 0. The molecule has 0 atom stereocenters. The van der Waals surface area contributed by atoms with Gasteiger partial charge in [-0.05, 0) is 52.9 Å². The second-order valence-corrected chi connectivity index (χ2v) is 8.33. The number of hydrogen-bond acceptors (Lipinski definition) is 2. The van der Waals surface area contributed by atoms with E-state index in [1.54, 1.807) is 0 Å². The van der Waals surface area contributed by atoms with E-state index in [0.29, 0.717) is 0 Å². The second-order valence-electron chi connectivity index (χ2n) is 8.33. The van der Waals surface area contributed by atoms with E-state index in [0.717, 1.165) is 33.3 Å². The van der Waals surface area contributed by atoms with Crippen molar-refractivity contribution in [3.8, 4) is 22.4 Å². The number of imidazole rings is 1. The molecule has 3 nitrogen and oxygen atoms in total. The lowest BCUT2D eigenvalue weighted by atomic mass is 9.98. The zero-order chi connectivity index (χ0) is 21.8. The molecule has 0 bridgehead atoms. The number of hydrogen-bond donors (Lipinski definition) is 0. The van der Waals surface area contributed by atoms with E-state index in [9.17, 15) is 0 Å². The molecule has 0 N–H and O–H groups in total. The fourth-order valence-corrected chi connectivity index (χ4v) is 4.86. The molecule has 0 saturated heterocycles. The molecule has 4 aromatic carbocycles. The Kier molecular flexibility index (Phi) is 3.84. The number of fused-ring (bicyclic) bond motifs is 8. The summed E-state index contributed by atoms with van der Waals surface area (Å²) in [5.74, 6) is 0. The van der Waals surface area contributed by atoms with Gasteiger partial charge in [0.2, 0.25) is 0 Å². The molecule has 0 aliphatic heterocycles. The molecule has 7 rings (SSSR count). The fourth-order valence-electron chi connectivity index (χ4n) is 4.86. The Morgan fingerprint density at radius 3 is 2.09 bits per heavy atom. The number of nitrogens with zero attached hydrogens (tertiary/aromatic N) is 3. The molecular weight excluding hydrogens is 402 g/mol. The summed E-state index contributed by atoms with van der Waals surface area (Å²) in [6.45, 7) is 0. The highest BCUT2D eigenvalue weighted by molar-refractivity contribution is 6.14. The predicted molar refractivity (Wildman–Crippen MR) is 136 cm³/mol. The fraction of sp³-hybridized carbons (Fsp3) is 0. The Morgan fingerprint density at radius 1 is 0.515 bits per heavy atom. The van der Waals surface area contributed by atoms with Crippen LogP contribution in [0.25, 0.3) is 60.7 Å². The molecule has 154 valence electrons. The van der Waals surface area contributed by atoms with Gasteiger partial charge < -0.3 is 0 Å². The van der Waals surface area contributed by atoms with Crippen molar-refractivity contribution in [3.63, 3.8) is 0 Å². The molecule has 0 radical (unpaired) electrons. The Balaban J connectivity index is 1.48. The van der Waals surface area contributed by atoms with Gasteiger partial charge in [0.05, 0.1) is 22.2 Å². The standard InChI is InChI=1S/C30H19N3/c1-3-10-28-24(7-1)23-17-16-22(20-12-14-21(15-13-20)26-8-5-6-18-31-26)19-25(23)30-32-27-9-2-4-11-29(27)33(28)30/h1-19H. The van der Waals surface area contributed by atoms with Crippen molar-refractivity contribution in [2.75, 3.05) is 0 Å². The van der Waals surface area contributed by atoms with Crippen molar-refractivity contribution in [1.29, 1.82) is 0 Å². The molecule has 0 fully saturated rings. The smallest absolute Gasteiger partial charge is 0.146 e. The van der Waals surface area contributed by atoms with Crippen LogP contribution in [0.4, 0.5) is 0 Å². The molecule has 0 spiro atoms. The van der Waals surface area contributed by atoms with E-state index in [1.807, 2.05) is 30.5 Å². The lowest BCUT2D eigenvalue weighted by Crippen LogP contribution is -1.92. The van der Waals surface area contributed by atoms with Gasteiger partial charge in [-0.25, -0.2) is 4.98 Å². The Morgan fingerprint density at radius 2 is 1.24 bits per heavy atom. The Hall–Kier alpha value is -4.50. The molecule has 3 heteroatoms. The van der Waals surface area contributed by atoms with Gasteiger partial charge in [0.15, 0.2) is 0 Å². The van der Waals surface area contributed by atoms with Gasteiger partial charge in [-0.1, -0.05) is 72.8 Å². The molecule has 7 aromatic rings. The largest absolute Gasteiger partial charge is 0.292 e. The van der Waals surface area contributed by atoms with Crippen LogP contribution in [0.15, 0.2) is 115 Å².